The van der Waals surface area contributed by atoms with E-state index < -0.39 is 22.9 Å². The number of nitrogens with zero attached hydrogens (tertiary/aromatic N) is 7. The normalized spacial score (nSPS) is 16.9. The lowest BCUT2D eigenvalue weighted by Crippen LogP contribution is -2.58. The molecule has 2 aromatic carbocycles. The molecule has 2 aromatic heterocycles. The maximum absolute atomic E-state index is 16.3. The van der Waals surface area contributed by atoms with Gasteiger partial charge in [-0.1, -0.05) is 24.2 Å². The van der Waals surface area contributed by atoms with Crippen LogP contribution in [0.15, 0.2) is 49.3 Å². The summed E-state index contributed by atoms with van der Waals surface area (Å²) in [6.07, 6.45) is 4.37. The number of piperazine rings is 1. The van der Waals surface area contributed by atoms with E-state index >= 15 is 4.39 Å². The van der Waals surface area contributed by atoms with E-state index in [9.17, 15) is 19.6 Å². The largest absolute Gasteiger partial charge is 0.507 e. The van der Waals surface area contributed by atoms with Gasteiger partial charge < -0.3 is 24.2 Å². The Labute approximate surface area is 245 Å². The Kier molecular flexibility index (Phi) is 7.95. The minimum Gasteiger partial charge on any atom is -0.507 e. The molecule has 1 N–H and O–H groups in total. The molecular weight excluding hydrogens is 568 g/mol. The van der Waals surface area contributed by atoms with Gasteiger partial charge in [0, 0.05) is 48.5 Å². The molecule has 1 amide bonds. The van der Waals surface area contributed by atoms with Gasteiger partial charge in [0.2, 0.25) is 11.7 Å². The monoisotopic (exact) mass is 593 g/mol. The number of fused-ring (bicyclic) bond motifs is 1. The number of benzene rings is 2. The number of aromatic nitrogens is 4. The van der Waals surface area contributed by atoms with Crippen LogP contribution in [0.25, 0.3) is 22.0 Å². The molecule has 5 rings (SSSR count). The van der Waals surface area contributed by atoms with Gasteiger partial charge in [0.1, 0.15) is 35.6 Å². The second kappa shape index (κ2) is 11.6. The van der Waals surface area contributed by atoms with Crippen LogP contribution in [0.5, 0.6) is 11.8 Å². The van der Waals surface area contributed by atoms with Gasteiger partial charge in [-0.25, -0.2) is 13.8 Å². The number of phenolic OH excluding ortho intramolecular Hbond substituents is 1. The number of rotatable bonds is 7. The number of carbonyl (C=O) groups is 1. The van der Waals surface area contributed by atoms with Gasteiger partial charge >= 0.3 is 6.01 Å². The first-order chi connectivity index (χ1) is 20.1. The molecule has 1 saturated heterocycles. The van der Waals surface area contributed by atoms with Gasteiger partial charge in [0.15, 0.2) is 5.82 Å². The van der Waals surface area contributed by atoms with Gasteiger partial charge in [0.25, 0.3) is 0 Å². The van der Waals surface area contributed by atoms with E-state index in [0.29, 0.717) is 18.9 Å². The Bertz CT molecular complexity index is 1720. The zero-order valence-electron chi connectivity index (χ0n) is 22.8. The van der Waals surface area contributed by atoms with E-state index in [-0.39, 0.29) is 64.5 Å². The number of hydrogen-bond acceptors (Lipinski definition) is 8. The first-order valence-corrected chi connectivity index (χ1v) is 13.4. The molecule has 0 unspecified atom stereocenters. The summed E-state index contributed by atoms with van der Waals surface area (Å²) in [7, 11) is 0. The molecule has 2 atom stereocenters. The van der Waals surface area contributed by atoms with Crippen LogP contribution in [-0.4, -0.2) is 67.2 Å². The quantitative estimate of drug-likeness (QED) is 0.306. The van der Waals surface area contributed by atoms with Crippen molar-refractivity contribution in [2.24, 2.45) is 0 Å². The minimum absolute atomic E-state index is 0.0275. The molecule has 216 valence electrons. The Morgan fingerprint density at radius 3 is 2.76 bits per heavy atom. The number of aromatic hydroxyl groups is 1. The van der Waals surface area contributed by atoms with Crippen molar-refractivity contribution < 1.29 is 23.4 Å². The zero-order chi connectivity index (χ0) is 30.1. The molecular formula is C29H26ClF2N7O3. The number of phenols is 1. The van der Waals surface area contributed by atoms with Crippen LogP contribution < -0.4 is 9.64 Å². The summed E-state index contributed by atoms with van der Waals surface area (Å²) in [6.45, 7) is 8.33. The van der Waals surface area contributed by atoms with E-state index in [1.807, 2.05) is 24.8 Å². The molecule has 1 fully saturated rings. The second-order valence-corrected chi connectivity index (χ2v) is 10.3. The van der Waals surface area contributed by atoms with E-state index in [0.717, 1.165) is 6.07 Å². The third-order valence-corrected chi connectivity index (χ3v) is 7.48. The van der Waals surface area contributed by atoms with Gasteiger partial charge in [-0.05, 0) is 38.1 Å². The van der Waals surface area contributed by atoms with Crippen molar-refractivity contribution in [2.75, 3.05) is 24.6 Å². The molecule has 0 radical (unpaired) electrons. The number of carbonyl (C=O) groups excluding carboxylic acids is 1. The third-order valence-electron chi connectivity index (χ3n) is 7.18. The highest BCUT2D eigenvalue weighted by molar-refractivity contribution is 6.34. The summed E-state index contributed by atoms with van der Waals surface area (Å²) >= 11 is 6.53. The van der Waals surface area contributed by atoms with Crippen molar-refractivity contribution in [3.63, 3.8) is 0 Å². The molecule has 13 heteroatoms. The molecule has 0 aliphatic carbocycles. The number of ether oxygens (including phenoxy) is 1. The smallest absolute Gasteiger partial charge is 0.319 e. The number of nitriles is 1. The number of hydrogen-bond donors (Lipinski definition) is 1. The van der Waals surface area contributed by atoms with Gasteiger partial charge in [-0.15, -0.1) is 0 Å². The minimum atomic E-state index is -0.964. The van der Waals surface area contributed by atoms with Gasteiger partial charge in [0.05, 0.1) is 17.1 Å². The Morgan fingerprint density at radius 1 is 1.26 bits per heavy atom. The predicted molar refractivity (Wildman–Crippen MR) is 152 cm³/mol. The molecule has 4 aromatic rings. The standard InChI is InChI=1S/C29H26ClF2N7O3/c1-4-23(41)38-14-17(3)39(15-16(38)2)28-18-12-19(30)24(25-20(31)6-5-7-21(25)40)26(32)27(18)35-29(36-28)42-11-10-37-9-8-34-22(37)13-33/h4-9,12,16-17,40H,1,10-11,14-15H2,2-3H3/t16-,17+/m1/s1. The molecule has 0 spiro atoms. The zero-order valence-corrected chi connectivity index (χ0v) is 23.5. The summed E-state index contributed by atoms with van der Waals surface area (Å²) in [6, 6.07) is 6.39. The fourth-order valence-corrected chi connectivity index (χ4v) is 5.40. The van der Waals surface area contributed by atoms with Crippen LogP contribution in [0.3, 0.4) is 0 Å². The Morgan fingerprint density at radius 2 is 2.05 bits per heavy atom. The molecule has 1 aliphatic rings. The third kappa shape index (κ3) is 5.19. The molecule has 42 heavy (non-hydrogen) atoms. The summed E-state index contributed by atoms with van der Waals surface area (Å²) in [5, 5.41) is 19.7. The fourth-order valence-electron chi connectivity index (χ4n) is 5.12. The van der Waals surface area contributed by atoms with E-state index in [2.05, 4.69) is 21.5 Å². The first-order valence-electron chi connectivity index (χ1n) is 13.1. The Balaban J connectivity index is 1.62. The van der Waals surface area contributed by atoms with Crippen LogP contribution in [0.1, 0.15) is 19.7 Å². The lowest BCUT2D eigenvalue weighted by molar-refractivity contribution is -0.128. The topological polar surface area (TPSA) is 120 Å². The molecule has 0 saturated carbocycles. The molecule has 3 heterocycles. The molecule has 10 nitrogen and oxygen atoms in total. The SMILES string of the molecule is C=CC(=O)N1C[C@H](C)N(c2nc(OCCn3ccnc3C#N)nc3c(F)c(-c4c(O)cccc4F)c(Cl)cc23)C[C@H]1C. The van der Waals surface area contributed by atoms with Crippen LogP contribution in [0.4, 0.5) is 14.6 Å². The maximum Gasteiger partial charge on any atom is 0.319 e. The average Bonchev–Trinajstić information content (AvgIpc) is 3.42. The van der Waals surface area contributed by atoms with Crippen molar-refractivity contribution >= 4 is 34.2 Å². The fraction of sp³-hybridized carbons (Fsp3) is 0.276. The average molecular weight is 594 g/mol. The van der Waals surface area contributed by atoms with E-state index in [1.165, 1.54) is 30.5 Å². The highest BCUT2D eigenvalue weighted by Crippen LogP contribution is 2.43. The van der Waals surface area contributed by atoms with Crippen LogP contribution >= 0.6 is 11.6 Å². The summed E-state index contributed by atoms with van der Waals surface area (Å²) in [5.74, 6) is -2.01. The highest BCUT2D eigenvalue weighted by atomic mass is 35.5. The van der Waals surface area contributed by atoms with Crippen molar-refractivity contribution in [1.82, 2.24) is 24.4 Å². The number of anilines is 1. The lowest BCUT2D eigenvalue weighted by atomic mass is 10.0. The van der Waals surface area contributed by atoms with Crippen molar-refractivity contribution in [3.8, 4) is 29.0 Å². The maximum atomic E-state index is 16.3. The van der Waals surface area contributed by atoms with Crippen molar-refractivity contribution in [1.29, 1.82) is 5.26 Å². The van der Waals surface area contributed by atoms with Crippen molar-refractivity contribution in [3.05, 3.63) is 71.8 Å². The number of halogens is 3. The number of imidazole rings is 1. The van der Waals surface area contributed by atoms with Gasteiger partial charge in [-0.3, -0.25) is 4.79 Å². The van der Waals surface area contributed by atoms with Crippen LogP contribution in [-0.2, 0) is 11.3 Å². The first kappa shape index (κ1) is 28.8. The second-order valence-electron chi connectivity index (χ2n) is 9.86. The van der Waals surface area contributed by atoms with Crippen LogP contribution in [0, 0.1) is 23.0 Å². The summed E-state index contributed by atoms with van der Waals surface area (Å²) < 4.78 is 38.5. The molecule has 0 bridgehead atoms. The number of amides is 1. The predicted octanol–water partition coefficient (Wildman–Crippen LogP) is 4.69. The summed E-state index contributed by atoms with van der Waals surface area (Å²) in [5.41, 5.74) is -0.940. The van der Waals surface area contributed by atoms with E-state index in [1.54, 1.807) is 15.7 Å². The highest BCUT2D eigenvalue weighted by Gasteiger charge is 2.34. The molecule has 1 aliphatic heterocycles. The lowest BCUT2D eigenvalue weighted by Gasteiger charge is -2.44. The van der Waals surface area contributed by atoms with Crippen LogP contribution in [0.2, 0.25) is 5.02 Å². The van der Waals surface area contributed by atoms with Crippen molar-refractivity contribution in [2.45, 2.75) is 32.5 Å². The summed E-state index contributed by atoms with van der Waals surface area (Å²) in [4.78, 5) is 28.9. The van der Waals surface area contributed by atoms with Gasteiger partial charge in [-0.2, -0.15) is 15.2 Å². The Hall–Kier alpha value is -4.76. The van der Waals surface area contributed by atoms with E-state index in [4.69, 9.17) is 16.3 Å².